The van der Waals surface area contributed by atoms with Gasteiger partial charge in [-0.15, -0.1) is 0 Å². The smallest absolute Gasteiger partial charge is 0.306 e. The Labute approximate surface area is 433 Å². The van der Waals surface area contributed by atoms with E-state index in [4.69, 9.17) is 4.74 Å². The van der Waals surface area contributed by atoms with Crippen molar-refractivity contribution in [3.8, 4) is 0 Å². The van der Waals surface area contributed by atoms with Crippen LogP contribution in [0.4, 0.5) is 0 Å². The topological polar surface area (TPSA) is 95.9 Å². The summed E-state index contributed by atoms with van der Waals surface area (Å²) in [6, 6.07) is -0.749. The van der Waals surface area contributed by atoms with E-state index >= 15 is 0 Å². The average molecular weight is 977 g/mol. The lowest BCUT2D eigenvalue weighted by molar-refractivity contribution is -0.148. The van der Waals surface area contributed by atoms with Crippen LogP contribution in [0.25, 0.3) is 0 Å². The lowest BCUT2D eigenvalue weighted by atomic mass is 10.0. The van der Waals surface area contributed by atoms with Gasteiger partial charge in [-0.3, -0.25) is 9.59 Å². The van der Waals surface area contributed by atoms with Gasteiger partial charge in [0.05, 0.1) is 25.2 Å². The molecule has 0 aliphatic rings. The van der Waals surface area contributed by atoms with Crippen molar-refractivity contribution in [3.05, 3.63) is 85.1 Å². The first kappa shape index (κ1) is 67.0. The molecular formula is C64H113NO5. The van der Waals surface area contributed by atoms with E-state index in [1.54, 1.807) is 6.08 Å². The zero-order valence-electron chi connectivity index (χ0n) is 46.1. The second-order valence-electron chi connectivity index (χ2n) is 20.0. The Morgan fingerprint density at radius 2 is 0.800 bits per heavy atom. The molecule has 0 saturated heterocycles. The third-order valence-corrected chi connectivity index (χ3v) is 13.2. The molecule has 0 aliphatic carbocycles. The first-order valence-corrected chi connectivity index (χ1v) is 29.8. The third-order valence-electron chi connectivity index (χ3n) is 13.2. The van der Waals surface area contributed by atoms with E-state index in [0.29, 0.717) is 19.3 Å². The number of rotatable bonds is 53. The predicted octanol–water partition coefficient (Wildman–Crippen LogP) is 18.7. The fraction of sp³-hybridized carbons (Fsp3) is 0.750. The van der Waals surface area contributed by atoms with E-state index in [-0.39, 0.29) is 24.9 Å². The molecule has 0 spiro atoms. The summed E-state index contributed by atoms with van der Waals surface area (Å²) >= 11 is 0. The monoisotopic (exact) mass is 976 g/mol. The molecule has 3 unspecified atom stereocenters. The van der Waals surface area contributed by atoms with E-state index < -0.39 is 18.2 Å². The number of hydrogen-bond donors (Lipinski definition) is 3. The minimum Gasteiger partial charge on any atom is -0.458 e. The van der Waals surface area contributed by atoms with Gasteiger partial charge in [0.1, 0.15) is 6.10 Å². The number of nitrogens with one attached hydrogen (secondary N) is 1. The summed E-state index contributed by atoms with van der Waals surface area (Å²) in [5, 5.41) is 23.8. The van der Waals surface area contributed by atoms with Crippen molar-refractivity contribution < 1.29 is 24.5 Å². The number of ether oxygens (including phenoxy) is 1. The van der Waals surface area contributed by atoms with Crippen LogP contribution in [0.1, 0.15) is 284 Å². The van der Waals surface area contributed by atoms with E-state index in [1.807, 2.05) is 6.08 Å². The molecule has 0 radical (unpaired) electrons. The van der Waals surface area contributed by atoms with E-state index in [0.717, 1.165) is 83.5 Å². The molecule has 70 heavy (non-hydrogen) atoms. The molecule has 0 bridgehead atoms. The van der Waals surface area contributed by atoms with Gasteiger partial charge in [0.2, 0.25) is 5.91 Å². The summed E-state index contributed by atoms with van der Waals surface area (Å²) < 4.78 is 5.85. The highest BCUT2D eigenvalue weighted by molar-refractivity contribution is 5.78. The van der Waals surface area contributed by atoms with Gasteiger partial charge in [-0.2, -0.15) is 0 Å². The Balaban J connectivity index is 4.71. The second kappa shape index (κ2) is 56.9. The molecule has 0 fully saturated rings. The van der Waals surface area contributed by atoms with E-state index in [9.17, 15) is 19.8 Å². The summed E-state index contributed by atoms with van der Waals surface area (Å²) in [7, 11) is 0. The molecule has 404 valence electrons. The zero-order valence-corrected chi connectivity index (χ0v) is 46.1. The second-order valence-corrected chi connectivity index (χ2v) is 20.0. The lowest BCUT2D eigenvalue weighted by Gasteiger charge is -2.23. The molecule has 3 N–H and O–H groups in total. The van der Waals surface area contributed by atoms with Gasteiger partial charge in [0, 0.05) is 6.42 Å². The van der Waals surface area contributed by atoms with Gasteiger partial charge in [0.25, 0.3) is 0 Å². The standard InChI is InChI=1S/C64H113NO5/c1-4-7-10-13-16-19-22-25-28-31-33-36-39-42-45-48-51-54-57-64(69)70-60(55-52-49-46-43-40-37-34-32-29-26-23-20-17-14-11-8-5-2)58-63(68)65-61(59-66)62(67)56-53-50-47-44-41-38-35-30-27-24-21-18-15-12-9-6-3/h8,11,17,20,26,29,33-34,36-37,43,46,52,55,60-62,66-67H,4-7,9-10,12-16,18-19,21-25,27-28,30-32,35,38-42,44-45,47-51,53-54,56-59H2,1-3H3,(H,65,68)/b11-8-,20-17-,29-26-,36-33+,37-34-,46-43-,55-52-. The zero-order chi connectivity index (χ0) is 50.9. The highest BCUT2D eigenvalue weighted by Gasteiger charge is 2.23. The molecule has 0 saturated carbocycles. The number of esters is 1. The number of carbonyl (C=O) groups is 2. The summed E-state index contributed by atoms with van der Waals surface area (Å²) in [5.74, 6) is -0.636. The largest absolute Gasteiger partial charge is 0.458 e. The molecule has 0 aliphatic heterocycles. The van der Waals surface area contributed by atoms with Gasteiger partial charge < -0.3 is 20.3 Å². The predicted molar refractivity (Wildman–Crippen MR) is 305 cm³/mol. The molecule has 0 rings (SSSR count). The number of allylic oxidation sites excluding steroid dienone is 13. The summed E-state index contributed by atoms with van der Waals surface area (Å²) in [6.07, 6.45) is 75.4. The Morgan fingerprint density at radius 1 is 0.443 bits per heavy atom. The molecule has 0 heterocycles. The number of carbonyl (C=O) groups excluding carboxylic acids is 2. The third kappa shape index (κ3) is 51.4. The van der Waals surface area contributed by atoms with Gasteiger partial charge in [-0.05, 0) is 83.1 Å². The number of hydrogen-bond acceptors (Lipinski definition) is 5. The van der Waals surface area contributed by atoms with Crippen LogP contribution in [0.2, 0.25) is 0 Å². The average Bonchev–Trinajstić information content (AvgIpc) is 3.35. The Hall–Kier alpha value is -2.96. The summed E-state index contributed by atoms with van der Waals surface area (Å²) in [5.41, 5.74) is 0. The minimum absolute atomic E-state index is 0.0528. The van der Waals surface area contributed by atoms with Gasteiger partial charge in [-0.25, -0.2) is 0 Å². The van der Waals surface area contributed by atoms with E-state index in [2.05, 4.69) is 99.0 Å². The molecule has 0 aromatic heterocycles. The normalized spacial score (nSPS) is 13.7. The first-order valence-electron chi connectivity index (χ1n) is 29.8. The van der Waals surface area contributed by atoms with Gasteiger partial charge in [-0.1, -0.05) is 273 Å². The van der Waals surface area contributed by atoms with Crippen molar-refractivity contribution in [1.82, 2.24) is 5.32 Å². The van der Waals surface area contributed by atoms with Crippen molar-refractivity contribution in [1.29, 1.82) is 0 Å². The Kier molecular flexibility index (Phi) is 54.5. The van der Waals surface area contributed by atoms with Crippen molar-refractivity contribution in [2.75, 3.05) is 6.61 Å². The molecule has 0 aromatic rings. The first-order chi connectivity index (χ1) is 34.5. The maximum atomic E-state index is 13.3. The van der Waals surface area contributed by atoms with Crippen molar-refractivity contribution in [2.45, 2.75) is 302 Å². The Morgan fingerprint density at radius 3 is 1.20 bits per heavy atom. The van der Waals surface area contributed by atoms with Crippen molar-refractivity contribution >= 4 is 11.9 Å². The molecule has 6 heteroatoms. The Bertz CT molecular complexity index is 1330. The molecule has 6 nitrogen and oxygen atoms in total. The van der Waals surface area contributed by atoms with Crippen LogP contribution < -0.4 is 5.32 Å². The molecule has 3 atom stereocenters. The van der Waals surface area contributed by atoms with Crippen LogP contribution in [0.15, 0.2) is 85.1 Å². The highest BCUT2D eigenvalue weighted by Crippen LogP contribution is 2.17. The summed E-state index contributed by atoms with van der Waals surface area (Å²) in [6.45, 7) is 6.36. The minimum atomic E-state index is -0.826. The van der Waals surface area contributed by atoms with Gasteiger partial charge >= 0.3 is 5.97 Å². The lowest BCUT2D eigenvalue weighted by Crippen LogP contribution is -2.46. The SMILES string of the molecule is CC/C=C\C/C=C\C/C=C\C/C=C\C/C=C\C/C=C\C(CC(=O)NC(CO)C(O)CCCCCCCCCCCCCCCCCC)OC(=O)CCCCCCC/C=C/CCCCCCCCCCC. The number of aliphatic hydroxyl groups is 2. The van der Waals surface area contributed by atoms with Crippen molar-refractivity contribution in [2.24, 2.45) is 0 Å². The molecular weight excluding hydrogens is 863 g/mol. The van der Waals surface area contributed by atoms with Gasteiger partial charge in [0.15, 0.2) is 0 Å². The van der Waals surface area contributed by atoms with Crippen LogP contribution in [-0.2, 0) is 14.3 Å². The molecule has 1 amide bonds. The van der Waals surface area contributed by atoms with E-state index in [1.165, 1.54) is 154 Å². The quantitative estimate of drug-likeness (QED) is 0.0321. The van der Waals surface area contributed by atoms with Crippen LogP contribution >= 0.6 is 0 Å². The maximum Gasteiger partial charge on any atom is 0.306 e. The molecule has 0 aromatic carbocycles. The van der Waals surface area contributed by atoms with Crippen LogP contribution in [0, 0.1) is 0 Å². The van der Waals surface area contributed by atoms with Crippen molar-refractivity contribution in [3.63, 3.8) is 0 Å². The number of aliphatic hydroxyl groups excluding tert-OH is 2. The fourth-order valence-corrected chi connectivity index (χ4v) is 8.72. The number of amides is 1. The fourth-order valence-electron chi connectivity index (χ4n) is 8.72. The number of unbranched alkanes of at least 4 members (excludes halogenated alkanes) is 29. The maximum absolute atomic E-state index is 13.3. The van der Waals surface area contributed by atoms with Crippen LogP contribution in [-0.4, -0.2) is 46.9 Å². The van der Waals surface area contributed by atoms with Crippen LogP contribution in [0.3, 0.4) is 0 Å². The highest BCUT2D eigenvalue weighted by atomic mass is 16.5. The van der Waals surface area contributed by atoms with Crippen LogP contribution in [0.5, 0.6) is 0 Å². The summed E-state index contributed by atoms with van der Waals surface area (Å²) in [4.78, 5) is 26.2.